The van der Waals surface area contributed by atoms with Crippen LogP contribution in [0, 0.1) is 0 Å². The summed E-state index contributed by atoms with van der Waals surface area (Å²) in [5, 5.41) is 9.74. The van der Waals surface area contributed by atoms with Gasteiger partial charge in [-0.25, -0.2) is 0 Å². The molecule has 0 aromatic heterocycles. The number of phenols is 1. The van der Waals surface area contributed by atoms with Gasteiger partial charge in [-0.1, -0.05) is 24.3 Å². The van der Waals surface area contributed by atoms with Crippen LogP contribution in [0.3, 0.4) is 0 Å². The Kier molecular flexibility index (Phi) is 3.71. The SMILES string of the molecule is COc1cc(C(CN)N2CCc3ccccc32)ccc1O. The molecule has 0 amide bonds. The summed E-state index contributed by atoms with van der Waals surface area (Å²) in [6, 6.07) is 14.0. The van der Waals surface area contributed by atoms with Crippen molar-refractivity contribution in [3.63, 3.8) is 0 Å². The van der Waals surface area contributed by atoms with Gasteiger partial charge in [0.05, 0.1) is 13.2 Å². The molecule has 1 aliphatic heterocycles. The van der Waals surface area contributed by atoms with E-state index in [1.54, 1.807) is 13.2 Å². The lowest BCUT2D eigenvalue weighted by Crippen LogP contribution is -2.32. The number of rotatable bonds is 4. The first-order valence-corrected chi connectivity index (χ1v) is 7.16. The van der Waals surface area contributed by atoms with Gasteiger partial charge in [0.1, 0.15) is 0 Å². The Labute approximate surface area is 124 Å². The van der Waals surface area contributed by atoms with Gasteiger partial charge in [0.2, 0.25) is 0 Å². The normalized spacial score (nSPS) is 14.9. The molecular weight excluding hydrogens is 264 g/mol. The monoisotopic (exact) mass is 284 g/mol. The Balaban J connectivity index is 1.96. The van der Waals surface area contributed by atoms with Crippen LogP contribution in [-0.4, -0.2) is 25.3 Å². The molecule has 1 aliphatic rings. The molecule has 3 N–H and O–H groups in total. The first kappa shape index (κ1) is 13.8. The van der Waals surface area contributed by atoms with E-state index in [4.69, 9.17) is 10.5 Å². The number of nitrogens with zero attached hydrogens (tertiary/aromatic N) is 1. The topological polar surface area (TPSA) is 58.7 Å². The molecule has 0 radical (unpaired) electrons. The largest absolute Gasteiger partial charge is 0.504 e. The fourth-order valence-corrected chi connectivity index (χ4v) is 3.03. The van der Waals surface area contributed by atoms with Crippen molar-refractivity contribution < 1.29 is 9.84 Å². The highest BCUT2D eigenvalue weighted by Crippen LogP contribution is 2.37. The van der Waals surface area contributed by atoms with E-state index in [-0.39, 0.29) is 11.8 Å². The van der Waals surface area contributed by atoms with E-state index in [1.165, 1.54) is 11.3 Å². The van der Waals surface area contributed by atoms with Crippen LogP contribution in [0.25, 0.3) is 0 Å². The number of phenolic OH excluding ortho intramolecular Hbond substituents is 1. The van der Waals surface area contributed by atoms with E-state index in [0.717, 1.165) is 18.5 Å². The third-order valence-corrected chi connectivity index (χ3v) is 4.11. The molecule has 0 bridgehead atoms. The van der Waals surface area contributed by atoms with Crippen LogP contribution in [0.2, 0.25) is 0 Å². The smallest absolute Gasteiger partial charge is 0.160 e. The molecule has 1 atom stereocenters. The summed E-state index contributed by atoms with van der Waals surface area (Å²) in [6.07, 6.45) is 1.04. The molecule has 0 saturated heterocycles. The van der Waals surface area contributed by atoms with E-state index in [9.17, 15) is 5.11 Å². The van der Waals surface area contributed by atoms with Crippen LogP contribution in [0.5, 0.6) is 11.5 Å². The molecule has 1 heterocycles. The molecule has 2 aromatic rings. The Bertz CT molecular complexity index is 642. The van der Waals surface area contributed by atoms with Gasteiger partial charge in [0.15, 0.2) is 11.5 Å². The standard InChI is InChI=1S/C17H20N2O2/c1-21-17-10-13(6-7-16(17)20)15(11-18)19-9-8-12-4-2-3-5-14(12)19/h2-7,10,15,20H,8-9,11,18H2,1H3. The minimum absolute atomic E-state index is 0.0862. The maximum Gasteiger partial charge on any atom is 0.160 e. The van der Waals surface area contributed by atoms with Crippen LogP contribution in [0.1, 0.15) is 17.2 Å². The zero-order valence-corrected chi connectivity index (χ0v) is 12.1. The van der Waals surface area contributed by atoms with Crippen LogP contribution < -0.4 is 15.4 Å². The zero-order chi connectivity index (χ0) is 14.8. The fourth-order valence-electron chi connectivity index (χ4n) is 3.03. The average molecular weight is 284 g/mol. The lowest BCUT2D eigenvalue weighted by atomic mass is 10.0. The van der Waals surface area contributed by atoms with Crippen molar-refractivity contribution in [3.8, 4) is 11.5 Å². The highest BCUT2D eigenvalue weighted by Gasteiger charge is 2.26. The van der Waals surface area contributed by atoms with Crippen LogP contribution >= 0.6 is 0 Å². The van der Waals surface area contributed by atoms with Crippen molar-refractivity contribution in [3.05, 3.63) is 53.6 Å². The maximum atomic E-state index is 9.74. The van der Waals surface area contributed by atoms with Crippen molar-refractivity contribution >= 4 is 5.69 Å². The van der Waals surface area contributed by atoms with Gasteiger partial charge in [0, 0.05) is 18.8 Å². The Morgan fingerprint density at radius 2 is 2.10 bits per heavy atom. The molecule has 1 unspecified atom stereocenters. The fraction of sp³-hybridized carbons (Fsp3) is 0.294. The Morgan fingerprint density at radius 3 is 2.86 bits per heavy atom. The number of nitrogens with two attached hydrogens (primary N) is 1. The van der Waals surface area contributed by atoms with E-state index < -0.39 is 0 Å². The minimum atomic E-state index is 0.0862. The molecular formula is C17H20N2O2. The molecule has 21 heavy (non-hydrogen) atoms. The van der Waals surface area contributed by atoms with Crippen molar-refractivity contribution in [1.29, 1.82) is 0 Å². The van der Waals surface area contributed by atoms with Gasteiger partial charge >= 0.3 is 0 Å². The Morgan fingerprint density at radius 1 is 1.29 bits per heavy atom. The first-order valence-electron chi connectivity index (χ1n) is 7.16. The van der Waals surface area contributed by atoms with Crippen molar-refractivity contribution in [1.82, 2.24) is 0 Å². The molecule has 4 nitrogen and oxygen atoms in total. The lowest BCUT2D eigenvalue weighted by Gasteiger charge is -2.30. The summed E-state index contributed by atoms with van der Waals surface area (Å²) < 4.78 is 5.20. The van der Waals surface area contributed by atoms with Gasteiger partial charge in [-0.2, -0.15) is 0 Å². The second kappa shape index (κ2) is 5.66. The first-order chi connectivity index (χ1) is 10.2. The number of anilines is 1. The van der Waals surface area contributed by atoms with Crippen LogP contribution in [-0.2, 0) is 6.42 Å². The average Bonchev–Trinajstić information content (AvgIpc) is 2.94. The zero-order valence-electron chi connectivity index (χ0n) is 12.1. The predicted molar refractivity (Wildman–Crippen MR) is 83.9 cm³/mol. The lowest BCUT2D eigenvalue weighted by molar-refractivity contribution is 0.372. The third-order valence-electron chi connectivity index (χ3n) is 4.11. The minimum Gasteiger partial charge on any atom is -0.504 e. The number of fused-ring (bicyclic) bond motifs is 1. The van der Waals surface area contributed by atoms with E-state index in [0.29, 0.717) is 12.3 Å². The van der Waals surface area contributed by atoms with Gasteiger partial charge in [-0.15, -0.1) is 0 Å². The summed E-state index contributed by atoms with van der Waals surface area (Å²) in [4.78, 5) is 2.33. The summed E-state index contributed by atoms with van der Waals surface area (Å²) >= 11 is 0. The Hall–Kier alpha value is -2.20. The summed E-state index contributed by atoms with van der Waals surface area (Å²) in [7, 11) is 1.56. The molecule has 4 heteroatoms. The molecule has 2 aromatic carbocycles. The highest BCUT2D eigenvalue weighted by atomic mass is 16.5. The van der Waals surface area contributed by atoms with Crippen LogP contribution in [0.15, 0.2) is 42.5 Å². The van der Waals surface area contributed by atoms with Gasteiger partial charge < -0.3 is 20.5 Å². The molecule has 0 spiro atoms. The number of ether oxygens (including phenoxy) is 1. The summed E-state index contributed by atoms with van der Waals surface area (Å²) in [6.45, 7) is 1.48. The van der Waals surface area contributed by atoms with E-state index >= 15 is 0 Å². The number of para-hydroxylation sites is 1. The predicted octanol–water partition coefficient (Wildman–Crippen LogP) is 2.46. The maximum absolute atomic E-state index is 9.74. The van der Waals surface area contributed by atoms with Crippen LogP contribution in [0.4, 0.5) is 5.69 Å². The van der Waals surface area contributed by atoms with Crippen molar-refractivity contribution in [2.24, 2.45) is 5.73 Å². The molecule has 0 fully saturated rings. The molecule has 3 rings (SSSR count). The number of aromatic hydroxyl groups is 1. The van der Waals surface area contributed by atoms with Crippen molar-refractivity contribution in [2.45, 2.75) is 12.5 Å². The number of methoxy groups -OCH3 is 1. The van der Waals surface area contributed by atoms with E-state index in [1.807, 2.05) is 12.1 Å². The highest BCUT2D eigenvalue weighted by molar-refractivity contribution is 5.60. The second-order valence-corrected chi connectivity index (χ2v) is 5.25. The molecule has 0 aliphatic carbocycles. The van der Waals surface area contributed by atoms with Crippen molar-refractivity contribution in [2.75, 3.05) is 25.1 Å². The number of hydrogen-bond acceptors (Lipinski definition) is 4. The van der Waals surface area contributed by atoms with Gasteiger partial charge in [0.25, 0.3) is 0 Å². The number of hydrogen-bond donors (Lipinski definition) is 2. The summed E-state index contributed by atoms with van der Waals surface area (Å²) in [5.41, 5.74) is 9.70. The third kappa shape index (κ3) is 2.43. The number of benzene rings is 2. The molecule has 110 valence electrons. The second-order valence-electron chi connectivity index (χ2n) is 5.25. The van der Waals surface area contributed by atoms with Gasteiger partial charge in [-0.05, 0) is 35.7 Å². The van der Waals surface area contributed by atoms with Gasteiger partial charge in [-0.3, -0.25) is 0 Å². The van der Waals surface area contributed by atoms with E-state index in [2.05, 4.69) is 29.2 Å². The molecule has 0 saturated carbocycles. The summed E-state index contributed by atoms with van der Waals surface area (Å²) in [5.74, 6) is 0.636. The quantitative estimate of drug-likeness (QED) is 0.905.